The molecule has 0 radical (unpaired) electrons. The van der Waals surface area contributed by atoms with Crippen molar-refractivity contribution in [2.45, 2.75) is 26.1 Å². The van der Waals surface area contributed by atoms with Gasteiger partial charge in [-0.1, -0.05) is 59.6 Å². The van der Waals surface area contributed by atoms with E-state index in [9.17, 15) is 9.59 Å². The minimum absolute atomic E-state index is 0.194. The lowest BCUT2D eigenvalue weighted by Gasteiger charge is -2.29. The molecule has 3 aromatic rings. The fourth-order valence-corrected chi connectivity index (χ4v) is 3.73. The van der Waals surface area contributed by atoms with Crippen LogP contribution in [-0.4, -0.2) is 36.5 Å². The first-order valence-electron chi connectivity index (χ1n) is 10.7. The maximum atomic E-state index is 13.1. The average molecular weight is 501 g/mol. The summed E-state index contributed by atoms with van der Waals surface area (Å²) < 4.78 is 10.8. The third-order valence-electron chi connectivity index (χ3n) is 5.25. The van der Waals surface area contributed by atoms with E-state index in [1.807, 2.05) is 42.5 Å². The molecule has 0 bridgehead atoms. The van der Waals surface area contributed by atoms with E-state index in [4.69, 9.17) is 32.7 Å². The quantitative estimate of drug-likeness (QED) is 0.419. The zero-order valence-corrected chi connectivity index (χ0v) is 20.5. The molecule has 2 amide bonds. The van der Waals surface area contributed by atoms with Crippen LogP contribution in [0.2, 0.25) is 10.0 Å². The van der Waals surface area contributed by atoms with Crippen LogP contribution in [0.3, 0.4) is 0 Å². The Morgan fingerprint density at radius 1 is 0.971 bits per heavy atom. The van der Waals surface area contributed by atoms with Gasteiger partial charge in [-0.05, 0) is 54.4 Å². The Hall–Kier alpha value is -3.22. The molecule has 0 saturated heterocycles. The zero-order chi connectivity index (χ0) is 24.5. The number of methoxy groups -OCH3 is 1. The number of nitrogens with zero attached hydrogens (tertiary/aromatic N) is 1. The predicted octanol–water partition coefficient (Wildman–Crippen LogP) is 5.11. The van der Waals surface area contributed by atoms with Crippen LogP contribution in [0.15, 0.2) is 72.8 Å². The molecule has 0 fully saturated rings. The lowest BCUT2D eigenvalue weighted by molar-refractivity contribution is -0.142. The molecule has 0 aliphatic heterocycles. The normalized spacial score (nSPS) is 11.4. The summed E-state index contributed by atoms with van der Waals surface area (Å²) in [4.78, 5) is 27.6. The Labute approximate surface area is 209 Å². The summed E-state index contributed by atoms with van der Waals surface area (Å²) in [5.41, 5.74) is 1.58. The van der Waals surface area contributed by atoms with Crippen LogP contribution in [0.1, 0.15) is 18.1 Å². The number of para-hydroxylation sites is 1. The number of carbonyl (C=O) groups is 2. The maximum Gasteiger partial charge on any atom is 0.261 e. The number of hydrogen-bond acceptors (Lipinski definition) is 4. The summed E-state index contributed by atoms with van der Waals surface area (Å²) in [7, 11) is 1.59. The fraction of sp³-hybridized carbons (Fsp3) is 0.231. The van der Waals surface area contributed by atoms with Crippen molar-refractivity contribution in [2.24, 2.45) is 0 Å². The average Bonchev–Trinajstić information content (AvgIpc) is 2.85. The third-order valence-corrected chi connectivity index (χ3v) is 5.84. The van der Waals surface area contributed by atoms with Crippen molar-refractivity contribution in [1.29, 1.82) is 0 Å². The summed E-state index contributed by atoms with van der Waals surface area (Å²) in [6.07, 6.45) is 0. The van der Waals surface area contributed by atoms with E-state index in [-0.39, 0.29) is 31.5 Å². The van der Waals surface area contributed by atoms with E-state index in [0.29, 0.717) is 21.5 Å². The third kappa shape index (κ3) is 7.14. The van der Waals surface area contributed by atoms with Gasteiger partial charge in [-0.15, -0.1) is 0 Å². The van der Waals surface area contributed by atoms with Crippen LogP contribution < -0.4 is 14.8 Å². The van der Waals surface area contributed by atoms with Crippen LogP contribution in [0, 0.1) is 0 Å². The summed E-state index contributed by atoms with van der Waals surface area (Å²) in [6, 6.07) is 20.7. The molecule has 0 spiro atoms. The van der Waals surface area contributed by atoms with Crippen molar-refractivity contribution in [3.05, 3.63) is 94.0 Å². The molecule has 0 unspecified atom stereocenters. The Morgan fingerprint density at radius 2 is 1.68 bits per heavy atom. The van der Waals surface area contributed by atoms with Gasteiger partial charge in [0.05, 0.1) is 7.11 Å². The first-order valence-corrected chi connectivity index (χ1v) is 11.4. The second kappa shape index (κ2) is 12.3. The second-order valence-electron chi connectivity index (χ2n) is 7.60. The number of halogens is 2. The van der Waals surface area contributed by atoms with Crippen molar-refractivity contribution in [3.8, 4) is 11.5 Å². The van der Waals surface area contributed by atoms with E-state index < -0.39 is 6.04 Å². The van der Waals surface area contributed by atoms with E-state index in [1.165, 1.54) is 4.90 Å². The molecule has 0 aliphatic carbocycles. The largest absolute Gasteiger partial charge is 0.497 e. The molecule has 1 N–H and O–H groups in total. The van der Waals surface area contributed by atoms with Gasteiger partial charge in [-0.25, -0.2) is 0 Å². The van der Waals surface area contributed by atoms with Crippen molar-refractivity contribution < 1.29 is 19.1 Å². The van der Waals surface area contributed by atoms with Crippen LogP contribution in [-0.2, 0) is 22.7 Å². The molecule has 3 aromatic carbocycles. The number of rotatable bonds is 10. The van der Waals surface area contributed by atoms with Gasteiger partial charge >= 0.3 is 0 Å². The number of benzene rings is 3. The highest BCUT2D eigenvalue weighted by Gasteiger charge is 2.26. The molecule has 0 aliphatic rings. The number of carbonyl (C=O) groups excluding carboxylic acids is 2. The Bertz CT molecular complexity index is 1110. The molecule has 6 nitrogen and oxygen atoms in total. The van der Waals surface area contributed by atoms with Gasteiger partial charge in [-0.2, -0.15) is 0 Å². The SMILES string of the molecule is COc1ccc(CN(C(=O)COc2ccccc2)[C@H](C)C(=O)NCc2ccc(Cl)cc2Cl)cc1. The highest BCUT2D eigenvalue weighted by molar-refractivity contribution is 6.35. The molecule has 34 heavy (non-hydrogen) atoms. The number of hydrogen-bond donors (Lipinski definition) is 1. The predicted molar refractivity (Wildman–Crippen MR) is 133 cm³/mol. The van der Waals surface area contributed by atoms with Crippen LogP contribution in [0.4, 0.5) is 0 Å². The highest BCUT2D eigenvalue weighted by atomic mass is 35.5. The smallest absolute Gasteiger partial charge is 0.261 e. The summed E-state index contributed by atoms with van der Waals surface area (Å²) in [5.74, 6) is 0.661. The molecule has 178 valence electrons. The molecule has 8 heteroatoms. The van der Waals surface area contributed by atoms with Gasteiger partial charge in [0.1, 0.15) is 17.5 Å². The molecular formula is C26H26Cl2N2O4. The lowest BCUT2D eigenvalue weighted by Crippen LogP contribution is -2.48. The van der Waals surface area contributed by atoms with Crippen LogP contribution in [0.25, 0.3) is 0 Å². The number of nitrogens with one attached hydrogen (secondary N) is 1. The molecule has 0 aromatic heterocycles. The molecule has 0 heterocycles. The highest BCUT2D eigenvalue weighted by Crippen LogP contribution is 2.21. The molecule has 0 saturated carbocycles. The number of ether oxygens (including phenoxy) is 2. The molecule has 3 rings (SSSR count). The monoisotopic (exact) mass is 500 g/mol. The first-order chi connectivity index (χ1) is 16.4. The van der Waals surface area contributed by atoms with Gasteiger partial charge in [0.2, 0.25) is 5.91 Å². The first kappa shape index (κ1) is 25.4. The molecule has 1 atom stereocenters. The van der Waals surface area contributed by atoms with E-state index in [1.54, 1.807) is 44.4 Å². The molecular weight excluding hydrogens is 475 g/mol. The van der Waals surface area contributed by atoms with E-state index in [2.05, 4.69) is 5.32 Å². The number of amides is 2. The minimum atomic E-state index is -0.750. The van der Waals surface area contributed by atoms with Gasteiger partial charge in [0.15, 0.2) is 6.61 Å². The van der Waals surface area contributed by atoms with Gasteiger partial charge in [0.25, 0.3) is 5.91 Å². The standard InChI is InChI=1S/C26H26Cl2N2O4/c1-18(26(32)29-15-20-10-11-21(27)14-24(20)28)30(16-19-8-12-22(33-2)13-9-19)25(31)17-34-23-6-4-3-5-7-23/h3-14,18H,15-17H2,1-2H3,(H,29,32)/t18-/m1/s1. The summed E-state index contributed by atoms with van der Waals surface area (Å²) >= 11 is 12.2. The fourth-order valence-electron chi connectivity index (χ4n) is 3.25. The Morgan fingerprint density at radius 3 is 2.32 bits per heavy atom. The van der Waals surface area contributed by atoms with Crippen LogP contribution in [0.5, 0.6) is 11.5 Å². The minimum Gasteiger partial charge on any atom is -0.497 e. The Balaban J connectivity index is 1.71. The topological polar surface area (TPSA) is 67.9 Å². The second-order valence-corrected chi connectivity index (χ2v) is 8.44. The maximum absolute atomic E-state index is 13.1. The van der Waals surface area contributed by atoms with Gasteiger partial charge in [0, 0.05) is 23.1 Å². The van der Waals surface area contributed by atoms with Crippen molar-refractivity contribution in [1.82, 2.24) is 10.2 Å². The van der Waals surface area contributed by atoms with E-state index in [0.717, 1.165) is 11.1 Å². The Kier molecular flexibility index (Phi) is 9.19. The summed E-state index contributed by atoms with van der Waals surface area (Å²) in [6.45, 7) is 1.94. The van der Waals surface area contributed by atoms with Crippen molar-refractivity contribution in [2.75, 3.05) is 13.7 Å². The van der Waals surface area contributed by atoms with Crippen molar-refractivity contribution in [3.63, 3.8) is 0 Å². The lowest BCUT2D eigenvalue weighted by atomic mass is 10.1. The summed E-state index contributed by atoms with van der Waals surface area (Å²) in [5, 5.41) is 3.83. The van der Waals surface area contributed by atoms with Crippen molar-refractivity contribution >= 4 is 35.0 Å². The van der Waals surface area contributed by atoms with Gasteiger partial charge < -0.3 is 19.7 Å². The van der Waals surface area contributed by atoms with E-state index >= 15 is 0 Å². The van der Waals surface area contributed by atoms with Gasteiger partial charge in [-0.3, -0.25) is 9.59 Å². The van der Waals surface area contributed by atoms with Crippen LogP contribution >= 0.6 is 23.2 Å². The zero-order valence-electron chi connectivity index (χ0n) is 19.0.